The highest BCUT2D eigenvalue weighted by atomic mass is 16.2. The fourth-order valence-corrected chi connectivity index (χ4v) is 6.19. The van der Waals surface area contributed by atoms with Crippen LogP contribution in [0.15, 0.2) is 48.6 Å². The minimum absolute atomic E-state index is 0.344. The van der Waals surface area contributed by atoms with E-state index in [1.54, 1.807) is 0 Å². The van der Waals surface area contributed by atoms with Crippen LogP contribution in [0.5, 0.6) is 0 Å². The van der Waals surface area contributed by atoms with Crippen LogP contribution in [0.4, 0.5) is 0 Å². The average Bonchev–Trinajstić information content (AvgIpc) is 3.06. The van der Waals surface area contributed by atoms with Crippen LogP contribution in [-0.2, 0) is 4.79 Å². The maximum Gasteiger partial charge on any atom is 0.222 e. The van der Waals surface area contributed by atoms with Crippen LogP contribution in [0.2, 0.25) is 0 Å². The van der Waals surface area contributed by atoms with Gasteiger partial charge in [-0.15, -0.1) is 0 Å². The summed E-state index contributed by atoms with van der Waals surface area (Å²) >= 11 is 0. The number of hydrogen-bond acceptors (Lipinski definition) is 2. The van der Waals surface area contributed by atoms with Crippen molar-refractivity contribution in [3.05, 3.63) is 48.6 Å². The smallest absolute Gasteiger partial charge is 0.222 e. The Morgan fingerprint density at radius 2 is 0.830 bits per heavy atom. The largest absolute Gasteiger partial charge is 0.343 e. The van der Waals surface area contributed by atoms with E-state index in [9.17, 15) is 4.79 Å². The van der Waals surface area contributed by atoms with Crippen molar-refractivity contribution in [3.63, 3.8) is 0 Å². The summed E-state index contributed by atoms with van der Waals surface area (Å²) in [5, 5.41) is 0. The van der Waals surface area contributed by atoms with Crippen molar-refractivity contribution in [1.29, 1.82) is 0 Å². The lowest BCUT2D eigenvalue weighted by molar-refractivity contribution is -0.132. The zero-order valence-corrected chi connectivity index (χ0v) is 32.5. The molecule has 0 bridgehead atoms. The Morgan fingerprint density at radius 3 is 1.21 bits per heavy atom. The third-order valence-corrected chi connectivity index (χ3v) is 9.41. The second-order valence-electron chi connectivity index (χ2n) is 14.3. The van der Waals surface area contributed by atoms with Gasteiger partial charge < -0.3 is 9.80 Å². The van der Waals surface area contributed by atoms with Crippen molar-refractivity contribution in [2.75, 3.05) is 27.7 Å². The second-order valence-corrected chi connectivity index (χ2v) is 14.3. The molecule has 0 aliphatic carbocycles. The van der Waals surface area contributed by atoms with Gasteiger partial charge in [-0.3, -0.25) is 4.79 Å². The third kappa shape index (κ3) is 34.1. The third-order valence-electron chi connectivity index (χ3n) is 9.41. The van der Waals surface area contributed by atoms with Crippen LogP contribution in [-0.4, -0.2) is 49.4 Å². The highest BCUT2D eigenvalue weighted by molar-refractivity contribution is 5.76. The minimum atomic E-state index is 0.344. The number of allylic oxidation sites excluding steroid dienone is 8. The first-order valence-electron chi connectivity index (χ1n) is 20.5. The van der Waals surface area contributed by atoms with Gasteiger partial charge in [-0.1, -0.05) is 152 Å². The summed E-state index contributed by atoms with van der Waals surface area (Å²) in [4.78, 5) is 17.3. The lowest BCUT2D eigenvalue weighted by Gasteiger charge is -2.29. The first-order valence-corrected chi connectivity index (χ1v) is 20.5. The molecule has 47 heavy (non-hydrogen) atoms. The molecular formula is C44H82N2O. The zero-order valence-electron chi connectivity index (χ0n) is 32.5. The van der Waals surface area contributed by atoms with Gasteiger partial charge in [-0.25, -0.2) is 0 Å². The van der Waals surface area contributed by atoms with Crippen LogP contribution in [0, 0.1) is 0 Å². The van der Waals surface area contributed by atoms with E-state index in [2.05, 4.69) is 93.4 Å². The Morgan fingerprint density at radius 1 is 0.468 bits per heavy atom. The predicted molar refractivity (Wildman–Crippen MR) is 212 cm³/mol. The minimum Gasteiger partial charge on any atom is -0.343 e. The molecule has 0 rings (SSSR count). The monoisotopic (exact) mass is 655 g/mol. The molecule has 0 aromatic carbocycles. The average molecular weight is 655 g/mol. The maximum atomic E-state index is 13.0. The molecule has 0 radical (unpaired) electrons. The lowest BCUT2D eigenvalue weighted by atomic mass is 9.98. The quantitative estimate of drug-likeness (QED) is 0.0501. The summed E-state index contributed by atoms with van der Waals surface area (Å²) in [7, 11) is 6.26. The summed E-state index contributed by atoms with van der Waals surface area (Å²) in [6.07, 6.45) is 53.7. The summed E-state index contributed by atoms with van der Waals surface area (Å²) < 4.78 is 0. The van der Waals surface area contributed by atoms with Crippen molar-refractivity contribution in [2.45, 2.75) is 200 Å². The van der Waals surface area contributed by atoms with Gasteiger partial charge in [0.2, 0.25) is 5.91 Å². The molecule has 0 saturated carbocycles. The second kappa shape index (κ2) is 37.2. The Bertz CT molecular complexity index is 717. The van der Waals surface area contributed by atoms with Gasteiger partial charge in [0.25, 0.3) is 0 Å². The molecule has 0 heterocycles. The number of carbonyl (C=O) groups excluding carboxylic acids is 1. The molecule has 3 heteroatoms. The van der Waals surface area contributed by atoms with Crippen molar-refractivity contribution in [1.82, 2.24) is 9.80 Å². The number of carbonyl (C=O) groups is 1. The highest BCUT2D eigenvalue weighted by Gasteiger charge is 2.19. The molecule has 0 fully saturated rings. The lowest BCUT2D eigenvalue weighted by Crippen LogP contribution is -2.37. The number of hydrogen-bond donors (Lipinski definition) is 0. The standard InChI is InChI=1S/C44H82N2O/c1-6-8-10-12-14-16-18-20-22-24-26-28-30-32-34-36-39-43(46(5)44(47)41-38-42-45(3)4)40-37-35-33-31-29-27-25-23-21-19-17-15-13-11-9-7-2/h14-17,20-23,43H,6-13,18-19,24-42H2,1-5H3/b16-14-,17-15-,22-20-,23-21-. The summed E-state index contributed by atoms with van der Waals surface area (Å²) in [5.41, 5.74) is 0. The molecule has 0 atom stereocenters. The van der Waals surface area contributed by atoms with Crippen LogP contribution < -0.4 is 0 Å². The number of nitrogens with zero attached hydrogens (tertiary/aromatic N) is 2. The molecule has 274 valence electrons. The van der Waals surface area contributed by atoms with Crippen molar-refractivity contribution in [3.8, 4) is 0 Å². The number of amides is 1. The maximum absolute atomic E-state index is 13.0. The molecule has 0 aliphatic heterocycles. The van der Waals surface area contributed by atoms with Gasteiger partial charge in [0, 0.05) is 19.5 Å². The van der Waals surface area contributed by atoms with Crippen LogP contribution in [0.3, 0.4) is 0 Å². The van der Waals surface area contributed by atoms with Crippen molar-refractivity contribution >= 4 is 5.91 Å². The van der Waals surface area contributed by atoms with Crippen LogP contribution >= 0.6 is 0 Å². The molecule has 0 aromatic rings. The summed E-state index contributed by atoms with van der Waals surface area (Å²) in [6.45, 7) is 5.52. The van der Waals surface area contributed by atoms with Gasteiger partial charge >= 0.3 is 0 Å². The summed E-state index contributed by atoms with van der Waals surface area (Å²) in [6, 6.07) is 0.415. The SMILES string of the molecule is CCCCC/C=C\C/C=C\CCCCCCCCC(CCCCCCCC/C=C\C/C=C\CCCCC)N(C)C(=O)CCCN(C)C. The topological polar surface area (TPSA) is 23.6 Å². The number of unbranched alkanes of at least 4 members (excludes halogenated alkanes) is 18. The van der Waals surface area contributed by atoms with E-state index >= 15 is 0 Å². The van der Waals surface area contributed by atoms with E-state index in [1.165, 1.54) is 154 Å². The predicted octanol–water partition coefficient (Wildman–Crippen LogP) is 13.6. The molecule has 0 spiro atoms. The van der Waals surface area contributed by atoms with Crippen molar-refractivity contribution in [2.24, 2.45) is 0 Å². The van der Waals surface area contributed by atoms with E-state index < -0.39 is 0 Å². The molecule has 0 N–H and O–H groups in total. The fraction of sp³-hybridized carbons (Fsp3) is 0.795. The molecule has 1 amide bonds. The van der Waals surface area contributed by atoms with Crippen LogP contribution in [0.1, 0.15) is 194 Å². The Kier molecular flexibility index (Phi) is 35.9. The van der Waals surface area contributed by atoms with Gasteiger partial charge in [0.1, 0.15) is 0 Å². The molecule has 0 aliphatic rings. The normalized spacial score (nSPS) is 12.4. The van der Waals surface area contributed by atoms with Gasteiger partial charge in [-0.05, 0) is 104 Å². The van der Waals surface area contributed by atoms with Gasteiger partial charge in [0.15, 0.2) is 0 Å². The zero-order chi connectivity index (χ0) is 34.5. The number of rotatable bonds is 35. The van der Waals surface area contributed by atoms with E-state index in [0.717, 1.165) is 25.8 Å². The summed E-state index contributed by atoms with van der Waals surface area (Å²) in [5.74, 6) is 0.344. The molecule has 0 saturated heterocycles. The Hall–Kier alpha value is -1.61. The molecule has 3 nitrogen and oxygen atoms in total. The van der Waals surface area contributed by atoms with E-state index in [1.807, 2.05) is 0 Å². The van der Waals surface area contributed by atoms with E-state index in [4.69, 9.17) is 0 Å². The Balaban J connectivity index is 4.15. The van der Waals surface area contributed by atoms with Gasteiger partial charge in [-0.2, -0.15) is 0 Å². The first-order chi connectivity index (χ1) is 23.0. The van der Waals surface area contributed by atoms with Crippen molar-refractivity contribution < 1.29 is 4.79 Å². The first kappa shape index (κ1) is 45.4. The Labute approximate surface area is 295 Å². The van der Waals surface area contributed by atoms with E-state index in [0.29, 0.717) is 18.4 Å². The highest BCUT2D eigenvalue weighted by Crippen LogP contribution is 2.19. The fourth-order valence-electron chi connectivity index (χ4n) is 6.19. The van der Waals surface area contributed by atoms with Gasteiger partial charge in [0.05, 0.1) is 0 Å². The molecule has 0 aromatic heterocycles. The molecular weight excluding hydrogens is 572 g/mol. The van der Waals surface area contributed by atoms with Crippen LogP contribution in [0.25, 0.3) is 0 Å². The molecule has 0 unspecified atom stereocenters. The van der Waals surface area contributed by atoms with E-state index in [-0.39, 0.29) is 0 Å².